The second-order valence-corrected chi connectivity index (χ2v) is 4.94. The van der Waals surface area contributed by atoms with Crippen LogP contribution in [0.5, 0.6) is 0 Å². The number of rotatable bonds is 4. The number of hydrogen-bond donors (Lipinski definition) is 1. The van der Waals surface area contributed by atoms with Gasteiger partial charge in [0.2, 0.25) is 0 Å². The van der Waals surface area contributed by atoms with Crippen molar-refractivity contribution < 1.29 is 0 Å². The van der Waals surface area contributed by atoms with Gasteiger partial charge >= 0.3 is 0 Å². The van der Waals surface area contributed by atoms with Crippen LogP contribution in [0.15, 0.2) is 18.2 Å². The molecule has 2 rings (SSSR count). The van der Waals surface area contributed by atoms with Crippen LogP contribution >= 0.6 is 0 Å². The normalized spacial score (nSPS) is 17.8. The second kappa shape index (κ2) is 4.36. The molecule has 0 radical (unpaired) electrons. The zero-order chi connectivity index (χ0) is 10.8. The molecule has 1 fully saturated rings. The molecule has 0 aromatic heterocycles. The Balaban J connectivity index is 2.24. The molecule has 1 aromatic rings. The Hall–Kier alpha value is -0.820. The Morgan fingerprint density at radius 3 is 2.27 bits per heavy atom. The smallest absolute Gasteiger partial charge is 0.00713 e. The molecular formula is C14H21N. The highest BCUT2D eigenvalue weighted by Gasteiger charge is 2.31. The first-order valence-electron chi connectivity index (χ1n) is 5.99. The van der Waals surface area contributed by atoms with Gasteiger partial charge in [-0.15, -0.1) is 0 Å². The highest BCUT2D eigenvalue weighted by atomic mass is 14.5. The minimum atomic E-state index is 0.716. The molecule has 82 valence electrons. The molecular weight excluding hydrogens is 182 g/mol. The first kappa shape index (κ1) is 10.7. The monoisotopic (exact) mass is 203 g/mol. The van der Waals surface area contributed by atoms with E-state index in [4.69, 9.17) is 5.73 Å². The van der Waals surface area contributed by atoms with Crippen LogP contribution in [0.3, 0.4) is 0 Å². The van der Waals surface area contributed by atoms with Crippen LogP contribution in [-0.4, -0.2) is 6.54 Å². The van der Waals surface area contributed by atoms with E-state index in [9.17, 15) is 0 Å². The first-order valence-corrected chi connectivity index (χ1v) is 5.99. The van der Waals surface area contributed by atoms with Crippen LogP contribution in [-0.2, 0) is 0 Å². The fourth-order valence-corrected chi connectivity index (χ4v) is 2.58. The summed E-state index contributed by atoms with van der Waals surface area (Å²) in [5.74, 6) is 1.63. The van der Waals surface area contributed by atoms with E-state index in [0.29, 0.717) is 5.92 Å². The summed E-state index contributed by atoms with van der Waals surface area (Å²) in [7, 11) is 0. The van der Waals surface area contributed by atoms with Crippen LogP contribution in [0.25, 0.3) is 0 Å². The lowest BCUT2D eigenvalue weighted by Crippen LogP contribution is -2.09. The van der Waals surface area contributed by atoms with Crippen LogP contribution in [0, 0.1) is 19.8 Å². The summed E-state index contributed by atoms with van der Waals surface area (Å²) >= 11 is 0. The van der Waals surface area contributed by atoms with Gasteiger partial charge in [0, 0.05) is 0 Å². The number of nitrogens with two attached hydrogens (primary N) is 1. The molecule has 1 aliphatic rings. The summed E-state index contributed by atoms with van der Waals surface area (Å²) in [6, 6.07) is 6.92. The fraction of sp³-hybridized carbons (Fsp3) is 0.571. The van der Waals surface area contributed by atoms with Crippen LogP contribution < -0.4 is 5.73 Å². The van der Waals surface area contributed by atoms with Crippen molar-refractivity contribution in [2.24, 2.45) is 11.7 Å². The highest BCUT2D eigenvalue weighted by molar-refractivity contribution is 5.32. The van der Waals surface area contributed by atoms with E-state index >= 15 is 0 Å². The van der Waals surface area contributed by atoms with Gasteiger partial charge in [0.1, 0.15) is 0 Å². The van der Waals surface area contributed by atoms with Crippen molar-refractivity contribution in [3.05, 3.63) is 34.9 Å². The third-order valence-electron chi connectivity index (χ3n) is 3.34. The number of benzene rings is 1. The van der Waals surface area contributed by atoms with Crippen molar-refractivity contribution in [3.63, 3.8) is 0 Å². The van der Waals surface area contributed by atoms with Crippen molar-refractivity contribution in [1.82, 2.24) is 0 Å². The minimum absolute atomic E-state index is 0.716. The first-order chi connectivity index (χ1) is 7.20. The average molecular weight is 203 g/mol. The Bertz CT molecular complexity index is 319. The van der Waals surface area contributed by atoms with Crippen LogP contribution in [0.4, 0.5) is 0 Å². The predicted molar refractivity (Wildman–Crippen MR) is 65.1 cm³/mol. The number of aryl methyl sites for hydroxylation is 2. The van der Waals surface area contributed by atoms with Gasteiger partial charge in [-0.1, -0.05) is 29.3 Å². The molecule has 0 heterocycles. The van der Waals surface area contributed by atoms with Gasteiger partial charge in [-0.3, -0.25) is 0 Å². The molecule has 0 spiro atoms. The molecule has 1 saturated carbocycles. The van der Waals surface area contributed by atoms with Crippen molar-refractivity contribution in [2.45, 2.75) is 39.0 Å². The van der Waals surface area contributed by atoms with Crippen molar-refractivity contribution in [2.75, 3.05) is 6.54 Å². The molecule has 1 heteroatoms. The molecule has 0 aliphatic heterocycles. The summed E-state index contributed by atoms with van der Waals surface area (Å²) in [5, 5.41) is 0. The molecule has 0 bridgehead atoms. The van der Waals surface area contributed by atoms with Crippen LogP contribution in [0.1, 0.15) is 41.9 Å². The number of hydrogen-bond acceptors (Lipinski definition) is 1. The predicted octanol–water partition coefficient (Wildman–Crippen LogP) is 3.15. The molecule has 1 nitrogen and oxygen atoms in total. The highest BCUT2D eigenvalue weighted by Crippen LogP contribution is 2.44. The Labute approximate surface area is 92.7 Å². The van der Waals surface area contributed by atoms with Gasteiger partial charge in [0.15, 0.2) is 0 Å². The standard InChI is InChI=1S/C14H21N/c1-10-7-11(2)9-13(8-10)14(5-6-15)12-3-4-12/h7-9,12,14H,3-6,15H2,1-2H3. The molecule has 0 amide bonds. The summed E-state index contributed by atoms with van der Waals surface area (Å²) in [6.45, 7) is 5.18. The molecule has 1 aromatic carbocycles. The molecule has 1 atom stereocenters. The van der Waals surface area contributed by atoms with Gasteiger partial charge in [0.25, 0.3) is 0 Å². The Kier molecular flexibility index (Phi) is 3.11. The molecule has 15 heavy (non-hydrogen) atoms. The lowest BCUT2D eigenvalue weighted by molar-refractivity contribution is 0.565. The maximum Gasteiger partial charge on any atom is -0.00713 e. The third kappa shape index (κ3) is 2.60. The molecule has 1 aliphatic carbocycles. The summed E-state index contributed by atoms with van der Waals surface area (Å²) in [5.41, 5.74) is 9.99. The van der Waals surface area contributed by atoms with E-state index in [1.807, 2.05) is 0 Å². The maximum atomic E-state index is 5.71. The van der Waals surface area contributed by atoms with Gasteiger partial charge in [0.05, 0.1) is 0 Å². The topological polar surface area (TPSA) is 26.0 Å². The third-order valence-corrected chi connectivity index (χ3v) is 3.34. The summed E-state index contributed by atoms with van der Waals surface area (Å²) < 4.78 is 0. The van der Waals surface area contributed by atoms with Gasteiger partial charge in [-0.25, -0.2) is 0 Å². The lowest BCUT2D eigenvalue weighted by atomic mass is 9.89. The average Bonchev–Trinajstić information content (AvgIpc) is 2.95. The van der Waals surface area contributed by atoms with Gasteiger partial charge in [-0.2, -0.15) is 0 Å². The Morgan fingerprint density at radius 2 is 1.80 bits per heavy atom. The minimum Gasteiger partial charge on any atom is -0.330 e. The summed E-state index contributed by atoms with van der Waals surface area (Å²) in [4.78, 5) is 0. The van der Waals surface area contributed by atoms with E-state index < -0.39 is 0 Å². The zero-order valence-electron chi connectivity index (χ0n) is 9.79. The molecule has 1 unspecified atom stereocenters. The summed E-state index contributed by atoms with van der Waals surface area (Å²) in [6.07, 6.45) is 3.95. The lowest BCUT2D eigenvalue weighted by Gasteiger charge is -2.17. The van der Waals surface area contributed by atoms with Crippen molar-refractivity contribution in [3.8, 4) is 0 Å². The van der Waals surface area contributed by atoms with E-state index in [1.165, 1.54) is 29.5 Å². The molecule has 0 saturated heterocycles. The van der Waals surface area contributed by atoms with Crippen molar-refractivity contribution >= 4 is 0 Å². The SMILES string of the molecule is Cc1cc(C)cc(C(CCN)C2CC2)c1. The fourth-order valence-electron chi connectivity index (χ4n) is 2.58. The van der Waals surface area contributed by atoms with E-state index in [-0.39, 0.29) is 0 Å². The van der Waals surface area contributed by atoms with E-state index in [0.717, 1.165) is 18.9 Å². The molecule has 2 N–H and O–H groups in total. The van der Waals surface area contributed by atoms with Crippen LogP contribution in [0.2, 0.25) is 0 Å². The largest absolute Gasteiger partial charge is 0.330 e. The van der Waals surface area contributed by atoms with Crippen molar-refractivity contribution in [1.29, 1.82) is 0 Å². The maximum absolute atomic E-state index is 5.71. The second-order valence-electron chi connectivity index (χ2n) is 4.94. The Morgan fingerprint density at radius 1 is 1.20 bits per heavy atom. The van der Waals surface area contributed by atoms with Gasteiger partial charge < -0.3 is 5.73 Å². The quantitative estimate of drug-likeness (QED) is 0.799. The van der Waals surface area contributed by atoms with E-state index in [2.05, 4.69) is 32.0 Å². The van der Waals surface area contributed by atoms with E-state index in [1.54, 1.807) is 0 Å². The van der Waals surface area contributed by atoms with Gasteiger partial charge in [-0.05, 0) is 57.1 Å². The zero-order valence-corrected chi connectivity index (χ0v) is 9.79.